The van der Waals surface area contributed by atoms with Crippen molar-refractivity contribution in [2.75, 3.05) is 12.8 Å². The van der Waals surface area contributed by atoms with E-state index in [0.29, 0.717) is 11.4 Å². The minimum absolute atomic E-state index is 0.625. The highest BCUT2D eigenvalue weighted by atomic mass is 16.5. The molecule has 0 saturated heterocycles. The lowest BCUT2D eigenvalue weighted by Crippen LogP contribution is -1.99. The van der Waals surface area contributed by atoms with Gasteiger partial charge in [0.25, 0.3) is 0 Å². The number of aryl methyl sites for hydroxylation is 1. The summed E-state index contributed by atoms with van der Waals surface area (Å²) in [7, 11) is 1.62. The summed E-state index contributed by atoms with van der Waals surface area (Å²) in [5.41, 5.74) is 9.76. The average molecular weight is 267 g/mol. The minimum atomic E-state index is 0.625. The van der Waals surface area contributed by atoms with Crippen molar-refractivity contribution in [3.05, 3.63) is 42.5 Å². The first-order valence-corrected chi connectivity index (χ1v) is 6.63. The minimum Gasteiger partial charge on any atom is -0.495 e. The molecule has 0 bridgehead atoms. The number of imidazole rings is 1. The van der Waals surface area contributed by atoms with E-state index in [1.807, 2.05) is 36.4 Å². The van der Waals surface area contributed by atoms with Crippen LogP contribution in [0.5, 0.6) is 5.75 Å². The number of anilines is 1. The number of rotatable bonds is 3. The standard InChI is InChI=1S/C16H17N3O/c1-3-19-14-7-5-4-6-13(14)18-16(19)11-8-9-15(20-2)12(17)10-11/h4-10H,3,17H2,1-2H3. The molecule has 0 aliphatic carbocycles. The van der Waals surface area contributed by atoms with E-state index >= 15 is 0 Å². The van der Waals surface area contributed by atoms with E-state index in [9.17, 15) is 0 Å². The maximum absolute atomic E-state index is 5.99. The van der Waals surface area contributed by atoms with Gasteiger partial charge < -0.3 is 15.0 Å². The third-order valence-corrected chi connectivity index (χ3v) is 3.46. The number of aromatic nitrogens is 2. The Balaban J connectivity index is 2.21. The van der Waals surface area contributed by atoms with E-state index in [-0.39, 0.29) is 0 Å². The van der Waals surface area contributed by atoms with Gasteiger partial charge in [-0.3, -0.25) is 0 Å². The Morgan fingerprint density at radius 1 is 1.20 bits per heavy atom. The fourth-order valence-corrected chi connectivity index (χ4v) is 2.49. The van der Waals surface area contributed by atoms with Gasteiger partial charge in [0.05, 0.1) is 23.8 Å². The number of nitrogens with two attached hydrogens (primary N) is 1. The molecule has 0 spiro atoms. The Labute approximate surface area is 117 Å². The fourth-order valence-electron chi connectivity index (χ4n) is 2.49. The van der Waals surface area contributed by atoms with Crippen LogP contribution in [0.3, 0.4) is 0 Å². The molecule has 0 radical (unpaired) electrons. The second kappa shape index (κ2) is 4.89. The predicted molar refractivity (Wildman–Crippen MR) is 81.8 cm³/mol. The summed E-state index contributed by atoms with van der Waals surface area (Å²) in [6.45, 7) is 2.98. The van der Waals surface area contributed by atoms with E-state index in [1.54, 1.807) is 7.11 Å². The lowest BCUT2D eigenvalue weighted by atomic mass is 10.1. The van der Waals surface area contributed by atoms with Gasteiger partial charge in [-0.1, -0.05) is 12.1 Å². The van der Waals surface area contributed by atoms with Crippen LogP contribution in [-0.4, -0.2) is 16.7 Å². The zero-order chi connectivity index (χ0) is 14.1. The Morgan fingerprint density at radius 3 is 2.70 bits per heavy atom. The average Bonchev–Trinajstić information content (AvgIpc) is 2.85. The number of nitrogen functional groups attached to an aromatic ring is 1. The molecule has 3 aromatic rings. The van der Waals surface area contributed by atoms with E-state index in [2.05, 4.69) is 17.6 Å². The maximum atomic E-state index is 5.99. The molecule has 2 aromatic carbocycles. The number of hydrogen-bond acceptors (Lipinski definition) is 3. The van der Waals surface area contributed by atoms with Gasteiger partial charge in [-0.2, -0.15) is 0 Å². The molecule has 102 valence electrons. The molecule has 0 atom stereocenters. The summed E-state index contributed by atoms with van der Waals surface area (Å²) >= 11 is 0. The second-order valence-electron chi connectivity index (χ2n) is 4.63. The predicted octanol–water partition coefficient (Wildman–Crippen LogP) is 3.31. The molecule has 20 heavy (non-hydrogen) atoms. The molecular weight excluding hydrogens is 250 g/mol. The molecule has 2 N–H and O–H groups in total. The van der Waals surface area contributed by atoms with Crippen LogP contribution < -0.4 is 10.5 Å². The molecule has 3 rings (SSSR count). The van der Waals surface area contributed by atoms with Crippen molar-refractivity contribution in [2.45, 2.75) is 13.5 Å². The number of hydrogen-bond donors (Lipinski definition) is 1. The molecule has 4 heteroatoms. The summed E-state index contributed by atoms with van der Waals surface area (Å²) < 4.78 is 7.39. The van der Waals surface area contributed by atoms with Gasteiger partial charge in [-0.05, 0) is 37.3 Å². The molecule has 1 aromatic heterocycles. The maximum Gasteiger partial charge on any atom is 0.141 e. The topological polar surface area (TPSA) is 53.1 Å². The van der Waals surface area contributed by atoms with Gasteiger partial charge in [0.1, 0.15) is 11.6 Å². The van der Waals surface area contributed by atoms with Gasteiger partial charge in [0.15, 0.2) is 0 Å². The summed E-state index contributed by atoms with van der Waals surface area (Å²) in [6.07, 6.45) is 0. The van der Waals surface area contributed by atoms with Crippen molar-refractivity contribution < 1.29 is 4.74 Å². The van der Waals surface area contributed by atoms with Crippen LogP contribution in [0.4, 0.5) is 5.69 Å². The van der Waals surface area contributed by atoms with E-state index < -0.39 is 0 Å². The lowest BCUT2D eigenvalue weighted by molar-refractivity contribution is 0.417. The SMILES string of the molecule is CCn1c(-c2ccc(OC)c(N)c2)nc2ccccc21. The Morgan fingerprint density at radius 2 is 2.00 bits per heavy atom. The van der Waals surface area contributed by atoms with Gasteiger partial charge in [-0.15, -0.1) is 0 Å². The first-order valence-electron chi connectivity index (χ1n) is 6.63. The van der Waals surface area contributed by atoms with Crippen molar-refractivity contribution in [1.82, 2.24) is 9.55 Å². The first-order chi connectivity index (χ1) is 9.74. The van der Waals surface area contributed by atoms with Gasteiger partial charge >= 0.3 is 0 Å². The molecule has 0 amide bonds. The number of ether oxygens (including phenoxy) is 1. The van der Waals surface area contributed by atoms with E-state index in [1.165, 1.54) is 0 Å². The van der Waals surface area contributed by atoms with Crippen LogP contribution in [0.1, 0.15) is 6.92 Å². The lowest BCUT2D eigenvalue weighted by Gasteiger charge is -2.09. The Kier molecular flexibility index (Phi) is 3.06. The van der Waals surface area contributed by atoms with Gasteiger partial charge in [0, 0.05) is 12.1 Å². The number of fused-ring (bicyclic) bond motifs is 1. The van der Waals surface area contributed by atoms with Crippen LogP contribution in [0.15, 0.2) is 42.5 Å². The van der Waals surface area contributed by atoms with E-state index in [0.717, 1.165) is 29.0 Å². The number of benzene rings is 2. The third kappa shape index (κ3) is 1.90. The van der Waals surface area contributed by atoms with E-state index in [4.69, 9.17) is 15.5 Å². The third-order valence-electron chi connectivity index (χ3n) is 3.46. The van der Waals surface area contributed by atoms with Gasteiger partial charge in [0.2, 0.25) is 0 Å². The Hall–Kier alpha value is -2.49. The molecular formula is C16H17N3O. The highest BCUT2D eigenvalue weighted by Gasteiger charge is 2.12. The number of para-hydroxylation sites is 2. The largest absolute Gasteiger partial charge is 0.495 e. The molecule has 0 aliphatic heterocycles. The summed E-state index contributed by atoms with van der Waals surface area (Å²) in [5.74, 6) is 1.62. The van der Waals surface area contributed by atoms with Crippen LogP contribution in [0.2, 0.25) is 0 Å². The zero-order valence-corrected chi connectivity index (χ0v) is 11.6. The fraction of sp³-hybridized carbons (Fsp3) is 0.188. The number of nitrogens with zero attached hydrogens (tertiary/aromatic N) is 2. The summed E-state index contributed by atoms with van der Waals surface area (Å²) in [4.78, 5) is 4.72. The quantitative estimate of drug-likeness (QED) is 0.741. The highest BCUT2D eigenvalue weighted by Crippen LogP contribution is 2.30. The highest BCUT2D eigenvalue weighted by molar-refractivity contribution is 5.81. The van der Waals surface area contributed by atoms with Crippen molar-refractivity contribution in [1.29, 1.82) is 0 Å². The van der Waals surface area contributed by atoms with Crippen LogP contribution in [-0.2, 0) is 6.54 Å². The number of methoxy groups -OCH3 is 1. The Bertz CT molecular complexity index is 762. The monoisotopic (exact) mass is 267 g/mol. The molecule has 4 nitrogen and oxygen atoms in total. The second-order valence-corrected chi connectivity index (χ2v) is 4.63. The zero-order valence-electron chi connectivity index (χ0n) is 11.6. The van der Waals surface area contributed by atoms with Crippen LogP contribution in [0.25, 0.3) is 22.4 Å². The smallest absolute Gasteiger partial charge is 0.141 e. The van der Waals surface area contributed by atoms with Gasteiger partial charge in [-0.25, -0.2) is 4.98 Å². The molecule has 1 heterocycles. The summed E-state index contributed by atoms with van der Waals surface area (Å²) in [6, 6.07) is 13.9. The van der Waals surface area contributed by atoms with Crippen molar-refractivity contribution in [3.8, 4) is 17.1 Å². The first kappa shape index (κ1) is 12.5. The van der Waals surface area contributed by atoms with Crippen LogP contribution >= 0.6 is 0 Å². The van der Waals surface area contributed by atoms with Crippen molar-refractivity contribution in [3.63, 3.8) is 0 Å². The van der Waals surface area contributed by atoms with Crippen LogP contribution in [0, 0.1) is 0 Å². The summed E-state index contributed by atoms with van der Waals surface area (Å²) in [5, 5.41) is 0. The normalized spacial score (nSPS) is 10.9. The molecule has 0 unspecified atom stereocenters. The molecule has 0 saturated carbocycles. The molecule has 0 aliphatic rings. The van der Waals surface area contributed by atoms with Crippen molar-refractivity contribution >= 4 is 16.7 Å². The van der Waals surface area contributed by atoms with Crippen molar-refractivity contribution in [2.24, 2.45) is 0 Å². The molecule has 0 fully saturated rings.